The van der Waals surface area contributed by atoms with Crippen LogP contribution < -0.4 is 5.32 Å². The van der Waals surface area contributed by atoms with E-state index in [1.807, 2.05) is 37.3 Å². The zero-order valence-corrected chi connectivity index (χ0v) is 12.6. The minimum Gasteiger partial charge on any atom is -0.348 e. The summed E-state index contributed by atoms with van der Waals surface area (Å²) in [5.74, 6) is -0.0739. The maximum absolute atomic E-state index is 11.8. The zero-order valence-electron chi connectivity index (χ0n) is 12.6. The monoisotopic (exact) mass is 279 g/mol. The first-order chi connectivity index (χ1) is 10.2. The summed E-state index contributed by atoms with van der Waals surface area (Å²) < 4.78 is 0. The van der Waals surface area contributed by atoms with Gasteiger partial charge in [-0.25, -0.2) is 0 Å². The second-order valence-electron chi connectivity index (χ2n) is 5.13. The van der Waals surface area contributed by atoms with Crippen molar-refractivity contribution in [3.05, 3.63) is 76.9 Å². The summed E-state index contributed by atoms with van der Waals surface area (Å²) in [5.41, 5.74) is 4.67. The van der Waals surface area contributed by atoms with Crippen molar-refractivity contribution < 1.29 is 4.79 Å². The van der Waals surface area contributed by atoms with Gasteiger partial charge >= 0.3 is 0 Å². The van der Waals surface area contributed by atoms with Crippen molar-refractivity contribution >= 4 is 12.0 Å². The van der Waals surface area contributed by atoms with E-state index >= 15 is 0 Å². The Labute approximate surface area is 126 Å². The van der Waals surface area contributed by atoms with E-state index in [1.54, 1.807) is 6.08 Å². The molecule has 2 rings (SSSR count). The number of rotatable bonds is 5. The Morgan fingerprint density at radius 2 is 1.62 bits per heavy atom. The van der Waals surface area contributed by atoms with Gasteiger partial charge in [-0.05, 0) is 36.1 Å². The van der Waals surface area contributed by atoms with Crippen LogP contribution in [0, 0.1) is 6.92 Å². The van der Waals surface area contributed by atoms with Crippen LogP contribution in [-0.2, 0) is 17.8 Å². The molecule has 1 amide bonds. The predicted molar refractivity (Wildman–Crippen MR) is 87.9 cm³/mol. The normalized spacial score (nSPS) is 10.8. The third-order valence-corrected chi connectivity index (χ3v) is 3.40. The highest BCUT2D eigenvalue weighted by molar-refractivity contribution is 5.91. The Morgan fingerprint density at radius 3 is 2.24 bits per heavy atom. The van der Waals surface area contributed by atoms with Gasteiger partial charge in [-0.1, -0.05) is 61.0 Å². The Morgan fingerprint density at radius 1 is 1.00 bits per heavy atom. The average molecular weight is 279 g/mol. The van der Waals surface area contributed by atoms with Crippen molar-refractivity contribution in [3.63, 3.8) is 0 Å². The van der Waals surface area contributed by atoms with Gasteiger partial charge in [-0.2, -0.15) is 0 Å². The number of hydrogen-bond donors (Lipinski definition) is 1. The summed E-state index contributed by atoms with van der Waals surface area (Å²) in [6.45, 7) is 4.73. The van der Waals surface area contributed by atoms with Crippen molar-refractivity contribution in [1.29, 1.82) is 0 Å². The Kier molecular flexibility index (Phi) is 5.33. The molecule has 0 saturated carbocycles. The van der Waals surface area contributed by atoms with Gasteiger partial charge in [-0.3, -0.25) is 4.79 Å². The molecular formula is C19H21NO. The van der Waals surface area contributed by atoms with E-state index in [0.29, 0.717) is 6.54 Å². The molecule has 0 fully saturated rings. The average Bonchev–Trinajstić information content (AvgIpc) is 2.53. The minimum absolute atomic E-state index is 0.0739. The second-order valence-corrected chi connectivity index (χ2v) is 5.13. The van der Waals surface area contributed by atoms with Crippen molar-refractivity contribution in [1.82, 2.24) is 5.32 Å². The maximum Gasteiger partial charge on any atom is 0.244 e. The van der Waals surface area contributed by atoms with Crippen LogP contribution in [0.25, 0.3) is 6.08 Å². The van der Waals surface area contributed by atoms with Crippen LogP contribution in [0.15, 0.2) is 54.6 Å². The topological polar surface area (TPSA) is 29.1 Å². The number of nitrogens with one attached hydrogen (secondary N) is 1. The molecule has 108 valence electrons. The molecule has 0 aliphatic heterocycles. The lowest BCUT2D eigenvalue weighted by Gasteiger charge is -2.04. The van der Waals surface area contributed by atoms with Gasteiger partial charge in [0, 0.05) is 12.6 Å². The van der Waals surface area contributed by atoms with Crippen LogP contribution in [0.2, 0.25) is 0 Å². The van der Waals surface area contributed by atoms with Gasteiger partial charge < -0.3 is 5.32 Å². The van der Waals surface area contributed by atoms with E-state index in [9.17, 15) is 4.79 Å². The van der Waals surface area contributed by atoms with Gasteiger partial charge in [0.05, 0.1) is 0 Å². The van der Waals surface area contributed by atoms with E-state index in [-0.39, 0.29) is 5.91 Å². The molecule has 2 heteroatoms. The molecule has 0 unspecified atom stereocenters. The lowest BCUT2D eigenvalue weighted by atomic mass is 10.1. The number of carbonyl (C=O) groups is 1. The summed E-state index contributed by atoms with van der Waals surface area (Å²) >= 11 is 0. The third-order valence-electron chi connectivity index (χ3n) is 3.40. The second kappa shape index (κ2) is 7.44. The quantitative estimate of drug-likeness (QED) is 0.827. The Hall–Kier alpha value is -2.35. The molecule has 1 N–H and O–H groups in total. The Bertz CT molecular complexity index is 609. The van der Waals surface area contributed by atoms with Gasteiger partial charge in [0.2, 0.25) is 5.91 Å². The molecule has 0 spiro atoms. The molecule has 2 aromatic carbocycles. The summed E-state index contributed by atoms with van der Waals surface area (Å²) in [6, 6.07) is 16.4. The lowest BCUT2D eigenvalue weighted by Crippen LogP contribution is -2.20. The summed E-state index contributed by atoms with van der Waals surface area (Å²) in [6.07, 6.45) is 4.44. The van der Waals surface area contributed by atoms with Crippen molar-refractivity contribution in [2.75, 3.05) is 0 Å². The minimum atomic E-state index is -0.0739. The highest BCUT2D eigenvalue weighted by atomic mass is 16.1. The third kappa shape index (κ3) is 4.92. The fourth-order valence-electron chi connectivity index (χ4n) is 1.99. The molecule has 0 aromatic heterocycles. The van der Waals surface area contributed by atoms with E-state index in [2.05, 4.69) is 36.5 Å². The highest BCUT2D eigenvalue weighted by Crippen LogP contribution is 2.06. The fourth-order valence-corrected chi connectivity index (χ4v) is 1.99. The number of aryl methyl sites for hydroxylation is 2. The highest BCUT2D eigenvalue weighted by Gasteiger charge is 1.97. The molecular weight excluding hydrogens is 258 g/mol. The molecule has 0 radical (unpaired) electrons. The first-order valence-electron chi connectivity index (χ1n) is 7.28. The number of hydrogen-bond acceptors (Lipinski definition) is 1. The smallest absolute Gasteiger partial charge is 0.244 e. The van der Waals surface area contributed by atoms with Crippen LogP contribution in [-0.4, -0.2) is 5.91 Å². The summed E-state index contributed by atoms with van der Waals surface area (Å²) in [7, 11) is 0. The van der Waals surface area contributed by atoms with Crippen LogP contribution in [0.3, 0.4) is 0 Å². The van der Waals surface area contributed by atoms with E-state index in [1.165, 1.54) is 11.1 Å². The molecule has 0 aliphatic rings. The number of carbonyl (C=O) groups excluding carboxylic acids is 1. The van der Waals surface area contributed by atoms with Crippen LogP contribution in [0.5, 0.6) is 0 Å². The molecule has 2 aromatic rings. The molecule has 0 bridgehead atoms. The van der Waals surface area contributed by atoms with Gasteiger partial charge in [0.25, 0.3) is 0 Å². The largest absolute Gasteiger partial charge is 0.348 e. The number of benzene rings is 2. The van der Waals surface area contributed by atoms with E-state index < -0.39 is 0 Å². The molecule has 0 heterocycles. The van der Waals surface area contributed by atoms with Gasteiger partial charge in [0.1, 0.15) is 0 Å². The standard InChI is InChI=1S/C19H21NO/c1-3-16-8-10-18(11-9-16)14-20-19(21)13-12-17-6-4-15(2)5-7-17/h4-13H,3,14H2,1-2H3,(H,20,21). The van der Waals surface area contributed by atoms with Gasteiger partial charge in [0.15, 0.2) is 0 Å². The zero-order chi connectivity index (χ0) is 15.1. The van der Waals surface area contributed by atoms with Crippen LogP contribution in [0.1, 0.15) is 29.2 Å². The van der Waals surface area contributed by atoms with Crippen LogP contribution in [0.4, 0.5) is 0 Å². The molecule has 0 atom stereocenters. The molecule has 2 nitrogen and oxygen atoms in total. The number of amides is 1. The van der Waals surface area contributed by atoms with Crippen LogP contribution >= 0.6 is 0 Å². The maximum atomic E-state index is 11.8. The van der Waals surface area contributed by atoms with Crippen molar-refractivity contribution in [2.24, 2.45) is 0 Å². The molecule has 0 aliphatic carbocycles. The molecule has 21 heavy (non-hydrogen) atoms. The van der Waals surface area contributed by atoms with Gasteiger partial charge in [-0.15, -0.1) is 0 Å². The van der Waals surface area contributed by atoms with E-state index in [4.69, 9.17) is 0 Å². The van der Waals surface area contributed by atoms with Crippen molar-refractivity contribution in [3.8, 4) is 0 Å². The first kappa shape index (κ1) is 15.0. The summed E-state index contributed by atoms with van der Waals surface area (Å²) in [4.78, 5) is 11.8. The first-order valence-corrected chi connectivity index (χ1v) is 7.28. The lowest BCUT2D eigenvalue weighted by molar-refractivity contribution is -0.116. The molecule has 0 saturated heterocycles. The SMILES string of the molecule is CCc1ccc(CNC(=O)C=Cc2ccc(C)cc2)cc1. The van der Waals surface area contributed by atoms with E-state index in [0.717, 1.165) is 17.5 Å². The predicted octanol–water partition coefficient (Wildman–Crippen LogP) is 3.89. The Balaban J connectivity index is 1.85. The summed E-state index contributed by atoms with van der Waals surface area (Å²) in [5, 5.41) is 2.89. The fraction of sp³-hybridized carbons (Fsp3) is 0.211. The van der Waals surface area contributed by atoms with Crippen molar-refractivity contribution in [2.45, 2.75) is 26.8 Å².